The molecule has 84 valence electrons. The van der Waals surface area contributed by atoms with E-state index in [-0.39, 0.29) is 5.54 Å². The van der Waals surface area contributed by atoms with E-state index in [4.69, 9.17) is 0 Å². The molecule has 0 bridgehead atoms. The number of allylic oxidation sites excluding steroid dienone is 1. The predicted octanol–water partition coefficient (Wildman–Crippen LogP) is 2.81. The summed E-state index contributed by atoms with van der Waals surface area (Å²) in [5, 5.41) is 7.28. The van der Waals surface area contributed by atoms with Crippen molar-refractivity contribution in [2.24, 2.45) is 0 Å². The van der Waals surface area contributed by atoms with Crippen molar-refractivity contribution in [2.45, 2.75) is 40.2 Å². The molecule has 0 amide bonds. The van der Waals surface area contributed by atoms with E-state index < -0.39 is 0 Å². The number of aryl methyl sites for hydroxylation is 1. The van der Waals surface area contributed by atoms with Crippen molar-refractivity contribution in [1.29, 1.82) is 0 Å². The average molecular weight is 207 g/mol. The van der Waals surface area contributed by atoms with Crippen molar-refractivity contribution in [1.82, 2.24) is 15.1 Å². The molecule has 3 heteroatoms. The molecule has 3 nitrogen and oxygen atoms in total. The van der Waals surface area contributed by atoms with Crippen molar-refractivity contribution in [3.63, 3.8) is 0 Å². The fourth-order valence-corrected chi connectivity index (χ4v) is 1.76. The van der Waals surface area contributed by atoms with E-state index in [9.17, 15) is 0 Å². The molecule has 0 fully saturated rings. The van der Waals surface area contributed by atoms with E-state index in [0.29, 0.717) is 0 Å². The van der Waals surface area contributed by atoms with Crippen molar-refractivity contribution < 1.29 is 0 Å². The lowest BCUT2D eigenvalue weighted by molar-refractivity contribution is 0.189. The first-order valence-electron chi connectivity index (χ1n) is 5.44. The number of hydrogen-bond acceptors (Lipinski definition) is 2. The fourth-order valence-electron chi connectivity index (χ4n) is 1.76. The van der Waals surface area contributed by atoms with Crippen LogP contribution in [0.5, 0.6) is 0 Å². The number of H-pyrrole nitrogens is 1. The molecule has 1 aromatic rings. The third-order valence-corrected chi connectivity index (χ3v) is 2.75. The summed E-state index contributed by atoms with van der Waals surface area (Å²) in [7, 11) is 0. The minimum Gasteiger partial charge on any atom is -0.367 e. The first kappa shape index (κ1) is 11.8. The zero-order chi connectivity index (χ0) is 11.5. The second-order valence-electron chi connectivity index (χ2n) is 4.25. The lowest BCUT2D eigenvalue weighted by atomic mass is 9.98. The van der Waals surface area contributed by atoms with E-state index in [1.807, 2.05) is 13.8 Å². The fraction of sp³-hybridized carbons (Fsp3) is 0.583. The minimum absolute atomic E-state index is 0.0392. The van der Waals surface area contributed by atoms with Gasteiger partial charge in [-0.25, -0.2) is 0 Å². The molecule has 0 aromatic carbocycles. The Morgan fingerprint density at radius 1 is 1.53 bits per heavy atom. The SMILES string of the molecule is C/C=C\N(CC)C(C)(C)c1cc(C)n[nH]1. The van der Waals surface area contributed by atoms with Gasteiger partial charge in [0.05, 0.1) is 16.9 Å². The van der Waals surface area contributed by atoms with Crippen LogP contribution in [0.4, 0.5) is 0 Å². The number of aromatic nitrogens is 2. The lowest BCUT2D eigenvalue weighted by Gasteiger charge is -2.36. The topological polar surface area (TPSA) is 31.9 Å². The molecule has 0 aliphatic rings. The van der Waals surface area contributed by atoms with Crippen LogP contribution >= 0.6 is 0 Å². The van der Waals surface area contributed by atoms with Crippen LogP contribution in [-0.4, -0.2) is 21.6 Å². The highest BCUT2D eigenvalue weighted by Gasteiger charge is 2.27. The number of nitrogens with zero attached hydrogens (tertiary/aromatic N) is 2. The maximum atomic E-state index is 4.18. The maximum absolute atomic E-state index is 4.18. The zero-order valence-corrected chi connectivity index (χ0v) is 10.3. The third kappa shape index (κ3) is 2.41. The quantitative estimate of drug-likeness (QED) is 0.823. The van der Waals surface area contributed by atoms with Gasteiger partial charge in [0, 0.05) is 6.54 Å². The van der Waals surface area contributed by atoms with Gasteiger partial charge in [-0.2, -0.15) is 5.10 Å². The molecule has 15 heavy (non-hydrogen) atoms. The normalized spacial score (nSPS) is 12.3. The van der Waals surface area contributed by atoms with Crippen LogP contribution in [0.2, 0.25) is 0 Å². The average Bonchev–Trinajstić information content (AvgIpc) is 2.61. The van der Waals surface area contributed by atoms with E-state index >= 15 is 0 Å². The van der Waals surface area contributed by atoms with Crippen molar-refractivity contribution in [3.05, 3.63) is 29.7 Å². The van der Waals surface area contributed by atoms with Gasteiger partial charge in [-0.15, -0.1) is 0 Å². The molecule has 0 spiro atoms. The largest absolute Gasteiger partial charge is 0.367 e. The smallest absolute Gasteiger partial charge is 0.0756 e. The van der Waals surface area contributed by atoms with E-state index in [0.717, 1.165) is 17.9 Å². The molecule has 0 radical (unpaired) electrons. The molecule has 1 N–H and O–H groups in total. The summed E-state index contributed by atoms with van der Waals surface area (Å²) in [5.41, 5.74) is 2.15. The van der Waals surface area contributed by atoms with Crippen molar-refractivity contribution in [2.75, 3.05) is 6.54 Å². The van der Waals surface area contributed by atoms with E-state index in [1.54, 1.807) is 0 Å². The Labute approximate surface area is 92.2 Å². The van der Waals surface area contributed by atoms with Gasteiger partial charge in [-0.3, -0.25) is 5.10 Å². The van der Waals surface area contributed by atoms with Gasteiger partial charge in [0.1, 0.15) is 0 Å². The first-order valence-corrected chi connectivity index (χ1v) is 5.44. The second-order valence-corrected chi connectivity index (χ2v) is 4.25. The minimum atomic E-state index is -0.0392. The Morgan fingerprint density at radius 3 is 2.60 bits per heavy atom. The van der Waals surface area contributed by atoms with Crippen LogP contribution in [0.15, 0.2) is 18.3 Å². The summed E-state index contributed by atoms with van der Waals surface area (Å²) in [6.45, 7) is 11.6. The predicted molar refractivity (Wildman–Crippen MR) is 63.5 cm³/mol. The molecule has 0 saturated heterocycles. The summed E-state index contributed by atoms with van der Waals surface area (Å²) >= 11 is 0. The Kier molecular flexibility index (Phi) is 3.56. The Hall–Kier alpha value is -1.25. The highest BCUT2D eigenvalue weighted by Crippen LogP contribution is 2.26. The van der Waals surface area contributed by atoms with Crippen LogP contribution in [0.1, 0.15) is 39.1 Å². The van der Waals surface area contributed by atoms with Gasteiger partial charge in [-0.05, 0) is 46.9 Å². The van der Waals surface area contributed by atoms with Gasteiger partial charge >= 0.3 is 0 Å². The zero-order valence-electron chi connectivity index (χ0n) is 10.3. The molecule has 0 aliphatic carbocycles. The van der Waals surface area contributed by atoms with Crippen LogP contribution < -0.4 is 0 Å². The Bertz CT molecular complexity index is 336. The van der Waals surface area contributed by atoms with Gasteiger partial charge in [0.25, 0.3) is 0 Å². The molecule has 0 atom stereocenters. The second kappa shape index (κ2) is 4.51. The van der Waals surface area contributed by atoms with Crippen LogP contribution in [0.3, 0.4) is 0 Å². The number of aromatic amines is 1. The van der Waals surface area contributed by atoms with Gasteiger partial charge in [0.15, 0.2) is 0 Å². The molecule has 1 rings (SSSR count). The molecule has 1 aromatic heterocycles. The first-order chi connectivity index (χ1) is 7.02. The van der Waals surface area contributed by atoms with Gasteiger partial charge in [0.2, 0.25) is 0 Å². The molecular weight excluding hydrogens is 186 g/mol. The highest BCUT2D eigenvalue weighted by molar-refractivity contribution is 5.16. The maximum Gasteiger partial charge on any atom is 0.0756 e. The molecule has 0 saturated carbocycles. The third-order valence-electron chi connectivity index (χ3n) is 2.75. The van der Waals surface area contributed by atoms with Gasteiger partial charge in [-0.1, -0.05) is 6.08 Å². The number of rotatable bonds is 4. The summed E-state index contributed by atoms with van der Waals surface area (Å²) in [4.78, 5) is 2.29. The van der Waals surface area contributed by atoms with Crippen LogP contribution in [0, 0.1) is 6.92 Å². The summed E-state index contributed by atoms with van der Waals surface area (Å²) in [6.07, 6.45) is 4.19. The summed E-state index contributed by atoms with van der Waals surface area (Å²) < 4.78 is 0. The number of nitrogens with one attached hydrogen (secondary N) is 1. The molecule has 0 aliphatic heterocycles. The van der Waals surface area contributed by atoms with E-state index in [1.165, 1.54) is 0 Å². The standard InChI is InChI=1S/C12H21N3/c1-6-8-15(7-2)12(4,5)11-9-10(3)13-14-11/h6,8-9H,7H2,1-5H3,(H,13,14)/b8-6-. The van der Waals surface area contributed by atoms with Crippen molar-refractivity contribution >= 4 is 0 Å². The van der Waals surface area contributed by atoms with Gasteiger partial charge < -0.3 is 4.90 Å². The van der Waals surface area contributed by atoms with Crippen LogP contribution in [-0.2, 0) is 5.54 Å². The Balaban J connectivity index is 2.99. The van der Waals surface area contributed by atoms with Crippen molar-refractivity contribution in [3.8, 4) is 0 Å². The lowest BCUT2D eigenvalue weighted by Crippen LogP contribution is -2.37. The summed E-state index contributed by atoms with van der Waals surface area (Å²) in [5.74, 6) is 0. The monoisotopic (exact) mass is 207 g/mol. The molecule has 1 heterocycles. The Morgan fingerprint density at radius 2 is 2.20 bits per heavy atom. The van der Waals surface area contributed by atoms with E-state index in [2.05, 4.69) is 54.2 Å². The van der Waals surface area contributed by atoms with Crippen LogP contribution in [0.25, 0.3) is 0 Å². The number of hydrogen-bond donors (Lipinski definition) is 1. The summed E-state index contributed by atoms with van der Waals surface area (Å²) in [6, 6.07) is 2.10. The molecular formula is C12H21N3. The molecule has 0 unspecified atom stereocenters. The highest BCUT2D eigenvalue weighted by atomic mass is 15.2.